The second-order valence-corrected chi connectivity index (χ2v) is 8.76. The van der Waals surface area contributed by atoms with Crippen LogP contribution >= 0.6 is 0 Å². The molecule has 1 unspecified atom stereocenters. The molecule has 0 bridgehead atoms. The normalized spacial score (nSPS) is 17.6. The van der Waals surface area contributed by atoms with Crippen molar-refractivity contribution >= 4 is 35.6 Å². The van der Waals surface area contributed by atoms with Crippen molar-refractivity contribution in [3.05, 3.63) is 113 Å². The lowest BCUT2D eigenvalue weighted by atomic mass is 9.79. The van der Waals surface area contributed by atoms with E-state index in [0.717, 1.165) is 40.3 Å². The van der Waals surface area contributed by atoms with Gasteiger partial charge in [-0.15, -0.1) is 0 Å². The van der Waals surface area contributed by atoms with E-state index in [1.54, 1.807) is 13.3 Å². The van der Waals surface area contributed by atoms with Crippen molar-refractivity contribution in [1.29, 1.82) is 0 Å². The van der Waals surface area contributed by atoms with E-state index in [9.17, 15) is 4.79 Å². The molecule has 5 rings (SSSR count). The van der Waals surface area contributed by atoms with Gasteiger partial charge in [-0.3, -0.25) is 14.6 Å². The molecule has 0 saturated carbocycles. The zero-order chi connectivity index (χ0) is 25.5. The minimum absolute atomic E-state index is 0.0988. The van der Waals surface area contributed by atoms with Crippen LogP contribution in [0.1, 0.15) is 29.2 Å². The molecule has 0 fully saturated rings. The fraction of sp³-hybridized carbons (Fsp3) is 0.167. The van der Waals surface area contributed by atoms with Gasteiger partial charge in [-0.05, 0) is 60.7 Å². The van der Waals surface area contributed by atoms with Crippen molar-refractivity contribution in [1.82, 2.24) is 5.32 Å². The maximum Gasteiger partial charge on any atom is 0.235 e. The fourth-order valence-corrected chi connectivity index (χ4v) is 4.81. The average molecular weight is 479 g/mol. The molecule has 2 aliphatic rings. The van der Waals surface area contributed by atoms with E-state index in [-0.39, 0.29) is 5.91 Å². The third kappa shape index (κ3) is 4.98. The number of nitrogens with one attached hydrogen (secondary N) is 3. The van der Waals surface area contributed by atoms with Crippen molar-refractivity contribution in [3.63, 3.8) is 0 Å². The van der Waals surface area contributed by atoms with Crippen molar-refractivity contribution in [2.24, 2.45) is 4.99 Å². The molecule has 2 amide bonds. The van der Waals surface area contributed by atoms with Gasteiger partial charge in [-0.2, -0.15) is 0 Å². The van der Waals surface area contributed by atoms with Crippen LogP contribution in [0, 0.1) is 0 Å². The molecule has 1 spiro atoms. The number of anilines is 2. The van der Waals surface area contributed by atoms with Crippen LogP contribution in [0.2, 0.25) is 0 Å². The molecule has 182 valence electrons. The Morgan fingerprint density at radius 2 is 1.72 bits per heavy atom. The Kier molecular flexibility index (Phi) is 7.44. The van der Waals surface area contributed by atoms with Crippen LogP contribution < -0.4 is 16.0 Å². The van der Waals surface area contributed by atoms with Gasteiger partial charge < -0.3 is 16.0 Å². The van der Waals surface area contributed by atoms with Gasteiger partial charge in [0.2, 0.25) is 12.3 Å². The molecule has 6 heteroatoms. The van der Waals surface area contributed by atoms with Gasteiger partial charge in [-0.1, -0.05) is 61.2 Å². The highest BCUT2D eigenvalue weighted by Gasteiger charge is 2.50. The summed E-state index contributed by atoms with van der Waals surface area (Å²) in [6.07, 6.45) is 5.80. The third-order valence-electron chi connectivity index (χ3n) is 6.39. The molecule has 1 heterocycles. The number of amides is 2. The Hall–Kier alpha value is -4.45. The Labute approximate surface area is 211 Å². The van der Waals surface area contributed by atoms with Gasteiger partial charge >= 0.3 is 0 Å². The second-order valence-electron chi connectivity index (χ2n) is 8.76. The lowest BCUT2D eigenvalue weighted by molar-refractivity contribution is -0.120. The summed E-state index contributed by atoms with van der Waals surface area (Å²) in [5, 5.41) is 8.72. The number of allylic oxidation sites excluding steroid dienone is 1. The summed E-state index contributed by atoms with van der Waals surface area (Å²) < 4.78 is 0. The van der Waals surface area contributed by atoms with Crippen LogP contribution in [0.3, 0.4) is 0 Å². The molecule has 3 aromatic carbocycles. The van der Waals surface area contributed by atoms with Gasteiger partial charge in [0.15, 0.2) is 0 Å². The third-order valence-corrected chi connectivity index (χ3v) is 6.39. The van der Waals surface area contributed by atoms with Crippen molar-refractivity contribution in [2.45, 2.75) is 25.2 Å². The van der Waals surface area contributed by atoms with E-state index >= 15 is 0 Å². The number of aliphatic imine (C=N–C) groups is 1. The summed E-state index contributed by atoms with van der Waals surface area (Å²) in [5.74, 6) is 0.0988. The van der Waals surface area contributed by atoms with Gasteiger partial charge in [0.25, 0.3) is 0 Å². The lowest BCUT2D eigenvalue weighted by Crippen LogP contribution is -2.35. The Morgan fingerprint density at radius 3 is 2.44 bits per heavy atom. The highest BCUT2D eigenvalue weighted by atomic mass is 16.2. The van der Waals surface area contributed by atoms with E-state index in [4.69, 9.17) is 4.79 Å². The summed E-state index contributed by atoms with van der Waals surface area (Å²) in [6.45, 7) is 6.08. The van der Waals surface area contributed by atoms with Crippen LogP contribution in [0.4, 0.5) is 11.4 Å². The fourth-order valence-electron chi connectivity index (χ4n) is 4.81. The zero-order valence-corrected chi connectivity index (χ0v) is 20.5. The van der Waals surface area contributed by atoms with Crippen LogP contribution in [-0.4, -0.2) is 25.6 Å². The van der Waals surface area contributed by atoms with Crippen LogP contribution in [-0.2, 0) is 27.8 Å². The van der Waals surface area contributed by atoms with Gasteiger partial charge in [0.1, 0.15) is 0 Å². The van der Waals surface area contributed by atoms with Gasteiger partial charge in [-0.25, -0.2) is 0 Å². The number of para-hydroxylation sites is 1. The summed E-state index contributed by atoms with van der Waals surface area (Å²) in [5.41, 5.74) is 7.58. The van der Waals surface area contributed by atoms with Gasteiger partial charge in [0.05, 0.1) is 11.1 Å². The maximum absolute atomic E-state index is 12.9. The van der Waals surface area contributed by atoms with Crippen LogP contribution in [0.15, 0.2) is 96.1 Å². The second kappa shape index (κ2) is 10.9. The van der Waals surface area contributed by atoms with Gasteiger partial charge in [0, 0.05) is 35.9 Å². The molecular formula is C30H30N4O2. The Morgan fingerprint density at radius 1 is 1.03 bits per heavy atom. The molecule has 3 aromatic rings. The van der Waals surface area contributed by atoms with E-state index < -0.39 is 5.41 Å². The number of nitrogens with zero attached hydrogens (tertiary/aromatic N) is 1. The molecular weight excluding hydrogens is 448 g/mol. The summed E-state index contributed by atoms with van der Waals surface area (Å²) in [7, 11) is 1.56. The first-order chi connectivity index (χ1) is 17.5. The molecule has 0 radical (unpaired) electrons. The Balaban J connectivity index is 0.000000709. The minimum atomic E-state index is -0.495. The molecule has 1 atom stereocenters. The van der Waals surface area contributed by atoms with Crippen LogP contribution in [0.5, 0.6) is 0 Å². The van der Waals surface area contributed by atoms with Crippen molar-refractivity contribution in [3.8, 4) is 0 Å². The number of hydrogen-bond acceptors (Lipinski definition) is 4. The summed E-state index contributed by atoms with van der Waals surface area (Å²) >= 11 is 0. The highest BCUT2D eigenvalue weighted by molar-refractivity contribution is 6.07. The number of benzene rings is 3. The van der Waals surface area contributed by atoms with E-state index in [0.29, 0.717) is 12.8 Å². The smallest absolute Gasteiger partial charge is 0.235 e. The summed E-state index contributed by atoms with van der Waals surface area (Å²) in [6, 6.07) is 24.4. The van der Waals surface area contributed by atoms with E-state index in [1.807, 2.05) is 61.5 Å². The molecule has 0 saturated heterocycles. The number of fused-ring (bicyclic) bond motifs is 3. The predicted molar refractivity (Wildman–Crippen MR) is 147 cm³/mol. The van der Waals surface area contributed by atoms with Crippen LogP contribution in [0.25, 0.3) is 5.70 Å². The molecule has 6 nitrogen and oxygen atoms in total. The first-order valence-corrected chi connectivity index (χ1v) is 11.9. The lowest BCUT2D eigenvalue weighted by Gasteiger charge is -2.20. The Bertz CT molecular complexity index is 1340. The molecule has 1 aliphatic heterocycles. The number of carbonyl (C=O) groups is 2. The topological polar surface area (TPSA) is 82.6 Å². The minimum Gasteiger partial charge on any atom is -0.362 e. The standard InChI is InChI=1S/C28H25N3O.C2H5NO/c1-3-29-26(20-9-5-4-6-10-20)15-19(2)30-23-14-13-21-17-28(18-22(21)16-23)24-11-7-8-12-25(24)31-27(28)32;1-3-2-4/h3-16,30H,2,17-18H2,1H3,(H,31,32);2H,1H3,(H,3,4)/b26-15-,29-3?;. The number of carbonyl (C=O) groups excluding carboxylic acids is 2. The highest BCUT2D eigenvalue weighted by Crippen LogP contribution is 2.47. The summed E-state index contributed by atoms with van der Waals surface area (Å²) in [4.78, 5) is 26.5. The number of hydrogen-bond donors (Lipinski definition) is 3. The molecule has 36 heavy (non-hydrogen) atoms. The molecule has 0 aromatic heterocycles. The quantitative estimate of drug-likeness (QED) is 0.262. The number of rotatable bonds is 6. The largest absolute Gasteiger partial charge is 0.362 e. The monoisotopic (exact) mass is 478 g/mol. The van der Waals surface area contributed by atoms with E-state index in [1.165, 1.54) is 11.1 Å². The van der Waals surface area contributed by atoms with Crippen molar-refractivity contribution in [2.75, 3.05) is 17.7 Å². The molecule has 1 aliphatic carbocycles. The SMILES string of the molecule is C=C(/C=C(\N=CC)c1ccccc1)Nc1ccc2c(c1)CC1(C2)C(=O)Nc2ccccc21.CNC=O. The average Bonchev–Trinajstić information content (AvgIpc) is 3.41. The first-order valence-electron chi connectivity index (χ1n) is 11.9. The van der Waals surface area contributed by atoms with E-state index in [2.05, 4.69) is 51.8 Å². The maximum atomic E-state index is 12.9. The predicted octanol–water partition coefficient (Wildman–Crippen LogP) is 5.09. The first kappa shape index (κ1) is 24.7. The zero-order valence-electron chi connectivity index (χ0n) is 20.5. The van der Waals surface area contributed by atoms with Crippen molar-refractivity contribution < 1.29 is 9.59 Å². The molecule has 3 N–H and O–H groups in total.